The number of nitrogens with zero attached hydrogens (tertiary/aromatic N) is 4. The fraction of sp³-hybridized carbons (Fsp3) is 0.724. The van der Waals surface area contributed by atoms with Gasteiger partial charge in [0.15, 0.2) is 0 Å². The van der Waals surface area contributed by atoms with E-state index < -0.39 is 0 Å². The second-order valence-corrected chi connectivity index (χ2v) is 11.8. The summed E-state index contributed by atoms with van der Waals surface area (Å²) in [4.78, 5) is 35.0. The van der Waals surface area contributed by atoms with E-state index in [1.165, 1.54) is 17.5 Å². The van der Waals surface area contributed by atoms with E-state index in [0.717, 1.165) is 90.6 Å². The fourth-order valence-electron chi connectivity index (χ4n) is 8.00. The SMILES string of the molecule is CCOC(=O)N1C2CCC1CC(N1CCC3(CC1)CN(C(=O)N1CCCCC1)Cc1ccccc13)C2. The lowest BCUT2D eigenvalue weighted by atomic mass is 9.68. The first kappa shape index (κ1) is 24.1. The second kappa shape index (κ2) is 9.88. The van der Waals surface area contributed by atoms with Gasteiger partial charge >= 0.3 is 12.1 Å². The molecule has 4 saturated heterocycles. The van der Waals surface area contributed by atoms with Crippen LogP contribution in [0.3, 0.4) is 0 Å². The molecule has 0 radical (unpaired) electrons. The highest BCUT2D eigenvalue weighted by atomic mass is 16.6. The standard InChI is InChI=1S/C29H42N4O3/c1-2-36-28(35)33-23-10-11-24(33)19-25(18-23)30-16-12-29(13-17-30)21-32(20-22-8-4-5-9-26(22)29)27(34)31-14-6-3-7-15-31/h4-5,8-9,23-25H,2-3,6-7,10-21H2,1H3. The van der Waals surface area contributed by atoms with Crippen LogP contribution in [0.4, 0.5) is 9.59 Å². The summed E-state index contributed by atoms with van der Waals surface area (Å²) in [6.45, 7) is 7.89. The topological polar surface area (TPSA) is 56.3 Å². The van der Waals surface area contributed by atoms with Gasteiger partial charge in [-0.3, -0.25) is 0 Å². The number of urea groups is 1. The van der Waals surface area contributed by atoms with Crippen molar-refractivity contribution in [2.45, 2.75) is 94.8 Å². The lowest BCUT2D eigenvalue weighted by Gasteiger charge is -2.52. The largest absolute Gasteiger partial charge is 0.450 e. The Kier molecular flexibility index (Phi) is 6.61. The van der Waals surface area contributed by atoms with Crippen LogP contribution in [-0.2, 0) is 16.7 Å². The van der Waals surface area contributed by atoms with Gasteiger partial charge in [-0.25, -0.2) is 9.59 Å². The number of carbonyl (C=O) groups is 2. The van der Waals surface area contributed by atoms with Crippen molar-refractivity contribution in [2.24, 2.45) is 0 Å². The van der Waals surface area contributed by atoms with E-state index in [2.05, 4.69) is 39.0 Å². The van der Waals surface area contributed by atoms with Gasteiger partial charge < -0.3 is 24.3 Å². The molecule has 0 aliphatic carbocycles. The van der Waals surface area contributed by atoms with Crippen LogP contribution in [0.2, 0.25) is 0 Å². The Morgan fingerprint density at radius 2 is 1.61 bits per heavy atom. The smallest absolute Gasteiger partial charge is 0.410 e. The van der Waals surface area contributed by atoms with Crippen molar-refractivity contribution in [3.63, 3.8) is 0 Å². The molecule has 5 aliphatic heterocycles. The molecule has 4 fully saturated rings. The quantitative estimate of drug-likeness (QED) is 0.603. The van der Waals surface area contributed by atoms with E-state index in [9.17, 15) is 9.59 Å². The molecule has 5 heterocycles. The van der Waals surface area contributed by atoms with E-state index in [-0.39, 0.29) is 17.5 Å². The van der Waals surface area contributed by atoms with E-state index in [0.29, 0.717) is 24.7 Å². The minimum atomic E-state index is -0.113. The summed E-state index contributed by atoms with van der Waals surface area (Å²) in [7, 11) is 0. The number of amides is 3. The molecule has 36 heavy (non-hydrogen) atoms. The number of fused-ring (bicyclic) bond motifs is 4. The minimum absolute atomic E-state index is 0.0570. The van der Waals surface area contributed by atoms with Gasteiger partial charge in [0.1, 0.15) is 0 Å². The monoisotopic (exact) mass is 494 g/mol. The molecule has 7 heteroatoms. The third-order valence-corrected chi connectivity index (χ3v) is 9.80. The number of carbonyl (C=O) groups excluding carboxylic acids is 2. The predicted octanol–water partition coefficient (Wildman–Crippen LogP) is 4.59. The minimum Gasteiger partial charge on any atom is -0.450 e. The zero-order valence-electron chi connectivity index (χ0n) is 21.9. The van der Waals surface area contributed by atoms with Crippen LogP contribution >= 0.6 is 0 Å². The van der Waals surface area contributed by atoms with Crippen molar-refractivity contribution in [1.29, 1.82) is 0 Å². The molecule has 1 spiro atoms. The Bertz CT molecular complexity index is 955. The normalized spacial score (nSPS) is 29.8. The first-order chi connectivity index (χ1) is 17.6. The predicted molar refractivity (Wildman–Crippen MR) is 139 cm³/mol. The van der Waals surface area contributed by atoms with Gasteiger partial charge in [0, 0.05) is 49.7 Å². The Hall–Kier alpha value is -2.28. The van der Waals surface area contributed by atoms with Gasteiger partial charge in [0.05, 0.1) is 6.61 Å². The molecule has 5 aliphatic rings. The molecule has 7 nitrogen and oxygen atoms in total. The third kappa shape index (κ3) is 4.27. The summed E-state index contributed by atoms with van der Waals surface area (Å²) in [5.74, 6) is 0. The van der Waals surface area contributed by atoms with Gasteiger partial charge in [-0.2, -0.15) is 0 Å². The maximum Gasteiger partial charge on any atom is 0.410 e. The Morgan fingerprint density at radius 3 is 2.31 bits per heavy atom. The maximum atomic E-state index is 13.5. The van der Waals surface area contributed by atoms with E-state index in [1.54, 1.807) is 0 Å². The van der Waals surface area contributed by atoms with Crippen molar-refractivity contribution in [3.8, 4) is 0 Å². The molecule has 0 N–H and O–H groups in total. The number of piperidine rings is 3. The number of benzene rings is 1. The number of likely N-dealkylation sites (tertiary alicyclic amines) is 2. The maximum absolute atomic E-state index is 13.5. The van der Waals surface area contributed by atoms with E-state index in [1.807, 2.05) is 11.8 Å². The summed E-state index contributed by atoms with van der Waals surface area (Å²) in [6, 6.07) is 10.3. The molecule has 2 atom stereocenters. The third-order valence-electron chi connectivity index (χ3n) is 9.80. The van der Waals surface area contributed by atoms with Crippen LogP contribution in [-0.4, -0.2) is 89.2 Å². The van der Waals surface area contributed by atoms with E-state index in [4.69, 9.17) is 4.74 Å². The van der Waals surface area contributed by atoms with Crippen LogP contribution < -0.4 is 0 Å². The first-order valence-corrected chi connectivity index (χ1v) is 14.4. The van der Waals surface area contributed by atoms with E-state index >= 15 is 0 Å². The Balaban J connectivity index is 1.15. The summed E-state index contributed by atoms with van der Waals surface area (Å²) in [5.41, 5.74) is 2.87. The Labute approximate surface area is 215 Å². The molecule has 1 aromatic carbocycles. The summed E-state index contributed by atoms with van der Waals surface area (Å²) in [5, 5.41) is 0. The van der Waals surface area contributed by atoms with Crippen LogP contribution in [0.1, 0.15) is 75.8 Å². The molecule has 2 unspecified atom stereocenters. The fourth-order valence-corrected chi connectivity index (χ4v) is 8.00. The molecule has 1 aromatic rings. The molecule has 6 rings (SSSR count). The highest BCUT2D eigenvalue weighted by Crippen LogP contribution is 2.44. The number of rotatable bonds is 2. The van der Waals surface area contributed by atoms with Gasteiger partial charge in [0.25, 0.3) is 0 Å². The van der Waals surface area contributed by atoms with Crippen molar-refractivity contribution in [1.82, 2.24) is 19.6 Å². The molecule has 3 amide bonds. The van der Waals surface area contributed by atoms with Gasteiger partial charge in [-0.1, -0.05) is 24.3 Å². The highest BCUT2D eigenvalue weighted by Gasteiger charge is 2.48. The summed E-state index contributed by atoms with van der Waals surface area (Å²) >= 11 is 0. The first-order valence-electron chi connectivity index (χ1n) is 14.4. The van der Waals surface area contributed by atoms with Crippen molar-refractivity contribution in [3.05, 3.63) is 35.4 Å². The van der Waals surface area contributed by atoms with Gasteiger partial charge in [0.2, 0.25) is 0 Å². The van der Waals surface area contributed by atoms with Gasteiger partial charge in [-0.05, 0) is 88.9 Å². The molecular formula is C29H42N4O3. The second-order valence-electron chi connectivity index (χ2n) is 11.8. The van der Waals surface area contributed by atoms with Crippen LogP contribution in [0.25, 0.3) is 0 Å². The number of hydrogen-bond donors (Lipinski definition) is 0. The molecule has 2 bridgehead atoms. The molecule has 0 saturated carbocycles. The Morgan fingerprint density at radius 1 is 0.917 bits per heavy atom. The van der Waals surface area contributed by atoms with Crippen molar-refractivity contribution < 1.29 is 14.3 Å². The summed E-state index contributed by atoms with van der Waals surface area (Å²) < 4.78 is 5.36. The van der Waals surface area contributed by atoms with Crippen LogP contribution in [0, 0.1) is 0 Å². The highest BCUT2D eigenvalue weighted by molar-refractivity contribution is 5.75. The zero-order valence-corrected chi connectivity index (χ0v) is 21.9. The summed E-state index contributed by atoms with van der Waals surface area (Å²) in [6.07, 6.45) is 9.95. The van der Waals surface area contributed by atoms with Gasteiger partial charge in [-0.15, -0.1) is 0 Å². The van der Waals surface area contributed by atoms with Crippen molar-refractivity contribution in [2.75, 3.05) is 39.3 Å². The average molecular weight is 495 g/mol. The van der Waals surface area contributed by atoms with Crippen LogP contribution in [0.15, 0.2) is 24.3 Å². The lowest BCUT2D eigenvalue weighted by molar-refractivity contribution is 0.0207. The van der Waals surface area contributed by atoms with Crippen molar-refractivity contribution >= 4 is 12.1 Å². The zero-order chi connectivity index (χ0) is 24.7. The average Bonchev–Trinajstić information content (AvgIpc) is 3.19. The molecule has 196 valence electrons. The molecule has 0 aromatic heterocycles. The molecular weight excluding hydrogens is 452 g/mol. The van der Waals surface area contributed by atoms with Crippen LogP contribution in [0.5, 0.6) is 0 Å². The lowest BCUT2D eigenvalue weighted by Crippen LogP contribution is -2.58. The number of hydrogen-bond acceptors (Lipinski definition) is 4. The number of ether oxygens (including phenoxy) is 1.